The monoisotopic (exact) mass is 161 g/mol. The third-order valence-electron chi connectivity index (χ3n) is 2.70. The molecule has 1 nitrogen and oxygen atoms in total. The summed E-state index contributed by atoms with van der Waals surface area (Å²) in [5.41, 5.74) is 3.13. The van der Waals surface area contributed by atoms with E-state index in [9.17, 15) is 0 Å². The van der Waals surface area contributed by atoms with Crippen molar-refractivity contribution in [2.75, 3.05) is 13.6 Å². The predicted molar refractivity (Wildman–Crippen MR) is 51.4 cm³/mol. The Bertz CT molecular complexity index is 267. The lowest BCUT2D eigenvalue weighted by Crippen LogP contribution is -2.21. The zero-order valence-electron chi connectivity index (χ0n) is 7.51. The Morgan fingerprint density at radius 2 is 2.25 bits per heavy atom. The predicted octanol–water partition coefficient (Wildman–Crippen LogP) is 1.94. The number of fused-ring (bicyclic) bond motifs is 1. The fourth-order valence-corrected chi connectivity index (χ4v) is 1.94. The Balaban J connectivity index is 2.00. The second-order valence-electron chi connectivity index (χ2n) is 3.49. The molecule has 0 amide bonds. The van der Waals surface area contributed by atoms with Crippen LogP contribution in [-0.4, -0.2) is 13.6 Å². The van der Waals surface area contributed by atoms with E-state index in [4.69, 9.17) is 0 Å². The molecule has 0 radical (unpaired) electrons. The first-order valence-electron chi connectivity index (χ1n) is 4.64. The molecule has 1 N–H and O–H groups in total. The fourth-order valence-electron chi connectivity index (χ4n) is 1.94. The first kappa shape index (κ1) is 7.81. The molecule has 1 aromatic carbocycles. The molecule has 0 saturated heterocycles. The number of rotatable bonds is 3. The van der Waals surface area contributed by atoms with Crippen LogP contribution in [0.4, 0.5) is 0 Å². The van der Waals surface area contributed by atoms with Crippen LogP contribution in [0.1, 0.15) is 23.5 Å². The summed E-state index contributed by atoms with van der Waals surface area (Å²) in [5.74, 6) is 0.827. The molecule has 1 atom stereocenters. The van der Waals surface area contributed by atoms with Gasteiger partial charge in [0.2, 0.25) is 0 Å². The van der Waals surface area contributed by atoms with E-state index in [0.29, 0.717) is 0 Å². The van der Waals surface area contributed by atoms with Crippen molar-refractivity contribution in [1.29, 1.82) is 0 Å². The topological polar surface area (TPSA) is 12.0 Å². The van der Waals surface area contributed by atoms with Crippen LogP contribution in [0.3, 0.4) is 0 Å². The molecular formula is C11H15N. The summed E-state index contributed by atoms with van der Waals surface area (Å²) >= 11 is 0. The first-order valence-corrected chi connectivity index (χ1v) is 4.64. The van der Waals surface area contributed by atoms with E-state index in [2.05, 4.69) is 29.6 Å². The average Bonchev–Trinajstić information content (AvgIpc) is 2.07. The number of hydrogen-bond donors (Lipinski definition) is 1. The van der Waals surface area contributed by atoms with Crippen molar-refractivity contribution in [3.63, 3.8) is 0 Å². The standard InChI is InChI=1S/C11H15N/c1-12-7-6-10-8-9-4-2-3-5-11(9)10/h2-5,10,12H,6-8H2,1H3. The maximum absolute atomic E-state index is 3.20. The van der Waals surface area contributed by atoms with E-state index in [1.165, 1.54) is 12.8 Å². The van der Waals surface area contributed by atoms with Gasteiger partial charge in [-0.1, -0.05) is 24.3 Å². The highest BCUT2D eigenvalue weighted by atomic mass is 14.8. The summed E-state index contributed by atoms with van der Waals surface area (Å²) in [5, 5.41) is 3.20. The van der Waals surface area contributed by atoms with Gasteiger partial charge in [-0.3, -0.25) is 0 Å². The van der Waals surface area contributed by atoms with Crippen LogP contribution in [0.5, 0.6) is 0 Å². The van der Waals surface area contributed by atoms with Gasteiger partial charge >= 0.3 is 0 Å². The number of hydrogen-bond acceptors (Lipinski definition) is 1. The quantitative estimate of drug-likeness (QED) is 0.714. The highest BCUT2D eigenvalue weighted by Crippen LogP contribution is 2.36. The molecule has 2 rings (SSSR count). The van der Waals surface area contributed by atoms with Gasteiger partial charge in [0, 0.05) is 0 Å². The van der Waals surface area contributed by atoms with Gasteiger partial charge in [0.05, 0.1) is 0 Å². The van der Waals surface area contributed by atoms with Crippen LogP contribution in [0.15, 0.2) is 24.3 Å². The van der Waals surface area contributed by atoms with Gasteiger partial charge in [-0.15, -0.1) is 0 Å². The van der Waals surface area contributed by atoms with Crippen LogP contribution in [0.25, 0.3) is 0 Å². The number of benzene rings is 1. The highest BCUT2D eigenvalue weighted by Gasteiger charge is 2.23. The second kappa shape index (κ2) is 3.28. The minimum absolute atomic E-state index is 0.827. The third kappa shape index (κ3) is 1.25. The molecule has 0 fully saturated rings. The molecule has 0 spiro atoms. The van der Waals surface area contributed by atoms with Gasteiger partial charge in [-0.05, 0) is 43.5 Å². The van der Waals surface area contributed by atoms with Gasteiger partial charge in [0.1, 0.15) is 0 Å². The maximum atomic E-state index is 3.20. The van der Waals surface area contributed by atoms with Crippen molar-refractivity contribution in [3.8, 4) is 0 Å². The van der Waals surface area contributed by atoms with Crippen LogP contribution in [0, 0.1) is 0 Å². The Hall–Kier alpha value is -0.820. The van der Waals surface area contributed by atoms with Crippen molar-refractivity contribution in [1.82, 2.24) is 5.32 Å². The summed E-state index contributed by atoms with van der Waals surface area (Å²) in [6, 6.07) is 8.78. The lowest BCUT2D eigenvalue weighted by molar-refractivity contribution is 0.542. The molecule has 64 valence electrons. The highest BCUT2D eigenvalue weighted by molar-refractivity contribution is 5.39. The summed E-state index contributed by atoms with van der Waals surface area (Å²) < 4.78 is 0. The van der Waals surface area contributed by atoms with Gasteiger partial charge in [0.25, 0.3) is 0 Å². The Morgan fingerprint density at radius 3 is 3.00 bits per heavy atom. The molecule has 0 saturated carbocycles. The van der Waals surface area contributed by atoms with Crippen LogP contribution in [-0.2, 0) is 6.42 Å². The molecule has 1 aliphatic rings. The van der Waals surface area contributed by atoms with Crippen molar-refractivity contribution < 1.29 is 0 Å². The van der Waals surface area contributed by atoms with E-state index >= 15 is 0 Å². The van der Waals surface area contributed by atoms with Gasteiger partial charge in [-0.2, -0.15) is 0 Å². The van der Waals surface area contributed by atoms with E-state index in [1.807, 2.05) is 7.05 Å². The van der Waals surface area contributed by atoms with Crippen molar-refractivity contribution >= 4 is 0 Å². The SMILES string of the molecule is CNCCC1Cc2ccccc21. The molecule has 1 unspecified atom stereocenters. The normalized spacial score (nSPS) is 19.9. The Kier molecular flexibility index (Phi) is 2.13. The lowest BCUT2D eigenvalue weighted by Gasteiger charge is -2.29. The zero-order valence-corrected chi connectivity index (χ0v) is 7.51. The summed E-state index contributed by atoms with van der Waals surface area (Å²) in [6.45, 7) is 1.14. The molecule has 0 aromatic heterocycles. The van der Waals surface area contributed by atoms with E-state index < -0.39 is 0 Å². The van der Waals surface area contributed by atoms with Gasteiger partial charge in [0.15, 0.2) is 0 Å². The van der Waals surface area contributed by atoms with Gasteiger partial charge in [-0.25, -0.2) is 0 Å². The molecule has 1 heteroatoms. The van der Waals surface area contributed by atoms with E-state index in [0.717, 1.165) is 12.5 Å². The molecule has 1 aliphatic carbocycles. The largest absolute Gasteiger partial charge is 0.320 e. The Labute approximate surface area is 73.8 Å². The van der Waals surface area contributed by atoms with Crippen LogP contribution < -0.4 is 5.32 Å². The average molecular weight is 161 g/mol. The lowest BCUT2D eigenvalue weighted by atomic mass is 9.76. The molecule has 12 heavy (non-hydrogen) atoms. The second-order valence-corrected chi connectivity index (χ2v) is 3.49. The van der Waals surface area contributed by atoms with E-state index in [-0.39, 0.29) is 0 Å². The summed E-state index contributed by atoms with van der Waals surface area (Å²) in [7, 11) is 2.02. The minimum Gasteiger partial charge on any atom is -0.320 e. The van der Waals surface area contributed by atoms with Gasteiger partial charge < -0.3 is 5.32 Å². The summed E-state index contributed by atoms with van der Waals surface area (Å²) in [4.78, 5) is 0. The number of nitrogens with one attached hydrogen (secondary N) is 1. The zero-order chi connectivity index (χ0) is 8.39. The van der Waals surface area contributed by atoms with Crippen molar-refractivity contribution in [3.05, 3.63) is 35.4 Å². The molecular weight excluding hydrogens is 146 g/mol. The van der Waals surface area contributed by atoms with Crippen LogP contribution >= 0.6 is 0 Å². The molecule has 1 aromatic rings. The van der Waals surface area contributed by atoms with Crippen molar-refractivity contribution in [2.45, 2.75) is 18.8 Å². The summed E-state index contributed by atoms with van der Waals surface area (Å²) in [6.07, 6.45) is 2.57. The fraction of sp³-hybridized carbons (Fsp3) is 0.455. The van der Waals surface area contributed by atoms with E-state index in [1.54, 1.807) is 11.1 Å². The molecule has 0 aliphatic heterocycles. The molecule has 0 heterocycles. The smallest absolute Gasteiger partial charge is 0.00460 e. The molecule has 0 bridgehead atoms. The Morgan fingerprint density at radius 1 is 1.42 bits per heavy atom. The van der Waals surface area contributed by atoms with Crippen molar-refractivity contribution in [2.24, 2.45) is 0 Å². The third-order valence-corrected chi connectivity index (χ3v) is 2.70. The van der Waals surface area contributed by atoms with Crippen LogP contribution in [0.2, 0.25) is 0 Å². The first-order chi connectivity index (χ1) is 5.92. The minimum atomic E-state index is 0.827. The maximum Gasteiger partial charge on any atom is -0.00460 e.